The Balaban J connectivity index is 2.16. The third kappa shape index (κ3) is 2.57. The highest BCUT2D eigenvalue weighted by Crippen LogP contribution is 2.38. The Kier molecular flexibility index (Phi) is 3.06. The summed E-state index contributed by atoms with van der Waals surface area (Å²) in [5.41, 5.74) is 9.47. The minimum atomic E-state index is 0.519. The molecule has 0 bridgehead atoms. The second-order valence-electron chi connectivity index (χ2n) is 4.74. The zero-order valence-corrected chi connectivity index (χ0v) is 9.66. The Hall–Kier alpha value is -0.890. The van der Waals surface area contributed by atoms with E-state index in [9.17, 15) is 0 Å². The first kappa shape index (κ1) is 10.6. The minimum Gasteiger partial charge on any atom is -0.330 e. The number of nitrogens with two attached hydrogens (primary N) is 1. The molecule has 2 rings (SSSR count). The van der Waals surface area contributed by atoms with Gasteiger partial charge in [-0.2, -0.15) is 0 Å². The van der Waals surface area contributed by atoms with Gasteiger partial charge in [0.15, 0.2) is 0 Å². The van der Waals surface area contributed by atoms with Crippen LogP contribution in [0.4, 0.5) is 0 Å². The molecule has 0 amide bonds. The van der Waals surface area contributed by atoms with Gasteiger partial charge < -0.3 is 5.73 Å². The van der Waals surface area contributed by atoms with Crippen molar-refractivity contribution in [1.82, 2.24) is 4.98 Å². The van der Waals surface area contributed by atoms with E-state index in [1.165, 1.54) is 24.8 Å². The Morgan fingerprint density at radius 3 is 2.67 bits per heavy atom. The molecular weight excluding hydrogens is 184 g/mol. The van der Waals surface area contributed by atoms with Crippen LogP contribution in [0.5, 0.6) is 0 Å². The highest BCUT2D eigenvalue weighted by atomic mass is 14.7. The molecule has 1 fully saturated rings. The number of hydrogen-bond acceptors (Lipinski definition) is 2. The minimum absolute atomic E-state index is 0.519. The normalized spacial score (nSPS) is 17.8. The van der Waals surface area contributed by atoms with Gasteiger partial charge in [0.05, 0.1) is 0 Å². The summed E-state index contributed by atoms with van der Waals surface area (Å²) in [6, 6.07) is 4.30. The number of pyridine rings is 1. The summed E-state index contributed by atoms with van der Waals surface area (Å²) >= 11 is 0. The molecule has 0 spiro atoms. The van der Waals surface area contributed by atoms with E-state index in [1.807, 2.05) is 6.92 Å². The molecular formula is C13H20N2. The Labute approximate surface area is 91.9 Å². The van der Waals surface area contributed by atoms with E-state index < -0.39 is 0 Å². The molecule has 0 unspecified atom stereocenters. The Morgan fingerprint density at radius 2 is 2.13 bits per heavy atom. The topological polar surface area (TPSA) is 38.9 Å². The van der Waals surface area contributed by atoms with Gasteiger partial charge >= 0.3 is 0 Å². The maximum absolute atomic E-state index is 5.86. The summed E-state index contributed by atoms with van der Waals surface area (Å²) in [5.74, 6) is 1.45. The smallest absolute Gasteiger partial charge is 0.0411 e. The molecule has 2 heteroatoms. The average molecular weight is 204 g/mol. The second kappa shape index (κ2) is 4.31. The van der Waals surface area contributed by atoms with E-state index in [0.29, 0.717) is 5.92 Å². The molecule has 82 valence electrons. The van der Waals surface area contributed by atoms with Gasteiger partial charge in [-0.3, -0.25) is 4.98 Å². The number of nitrogens with zero attached hydrogens (tertiary/aromatic N) is 1. The largest absolute Gasteiger partial charge is 0.330 e. The van der Waals surface area contributed by atoms with Crippen molar-refractivity contribution in [3.8, 4) is 0 Å². The van der Waals surface area contributed by atoms with Gasteiger partial charge in [-0.1, -0.05) is 18.9 Å². The summed E-state index contributed by atoms with van der Waals surface area (Å²) in [5, 5.41) is 0. The van der Waals surface area contributed by atoms with E-state index >= 15 is 0 Å². The van der Waals surface area contributed by atoms with E-state index in [-0.39, 0.29) is 0 Å². The fraction of sp³-hybridized carbons (Fsp3) is 0.615. The lowest BCUT2D eigenvalue weighted by molar-refractivity contribution is 0.580. The summed E-state index contributed by atoms with van der Waals surface area (Å²) in [6.45, 7) is 4.88. The fourth-order valence-electron chi connectivity index (χ4n) is 2.23. The summed E-state index contributed by atoms with van der Waals surface area (Å²) in [7, 11) is 0. The van der Waals surface area contributed by atoms with Gasteiger partial charge in [0.1, 0.15) is 0 Å². The number of rotatable bonds is 4. The SMILES string of the molecule is Cc1ccc([C@@H](CN)CC2CC2)c(C)n1. The zero-order chi connectivity index (χ0) is 10.8. The second-order valence-corrected chi connectivity index (χ2v) is 4.74. The Morgan fingerprint density at radius 1 is 1.40 bits per heavy atom. The molecule has 1 saturated carbocycles. The van der Waals surface area contributed by atoms with Crippen molar-refractivity contribution in [2.45, 2.75) is 39.0 Å². The van der Waals surface area contributed by atoms with Crippen molar-refractivity contribution in [3.05, 3.63) is 29.1 Å². The molecule has 1 atom stereocenters. The molecule has 1 aromatic rings. The van der Waals surface area contributed by atoms with Crippen LogP contribution < -0.4 is 5.73 Å². The van der Waals surface area contributed by atoms with Crippen LogP contribution in [0, 0.1) is 19.8 Å². The lowest BCUT2D eigenvalue weighted by Gasteiger charge is -2.17. The summed E-state index contributed by atoms with van der Waals surface area (Å²) in [4.78, 5) is 4.51. The van der Waals surface area contributed by atoms with Gasteiger partial charge in [-0.25, -0.2) is 0 Å². The average Bonchev–Trinajstić information content (AvgIpc) is 2.99. The monoisotopic (exact) mass is 204 g/mol. The maximum atomic E-state index is 5.86. The maximum Gasteiger partial charge on any atom is 0.0411 e. The van der Waals surface area contributed by atoms with Gasteiger partial charge in [-0.05, 0) is 50.3 Å². The van der Waals surface area contributed by atoms with Crippen LogP contribution in [0.15, 0.2) is 12.1 Å². The predicted octanol–water partition coefficient (Wildman–Crippen LogP) is 2.54. The molecule has 0 aromatic carbocycles. The van der Waals surface area contributed by atoms with Crippen LogP contribution in [0.25, 0.3) is 0 Å². The molecule has 0 aliphatic heterocycles. The van der Waals surface area contributed by atoms with Crippen molar-refractivity contribution in [3.63, 3.8) is 0 Å². The molecule has 15 heavy (non-hydrogen) atoms. The van der Waals surface area contributed by atoms with Crippen LogP contribution in [-0.4, -0.2) is 11.5 Å². The summed E-state index contributed by atoms with van der Waals surface area (Å²) < 4.78 is 0. The van der Waals surface area contributed by atoms with Crippen LogP contribution in [0.2, 0.25) is 0 Å². The van der Waals surface area contributed by atoms with Crippen molar-refractivity contribution in [2.24, 2.45) is 11.7 Å². The van der Waals surface area contributed by atoms with Crippen molar-refractivity contribution < 1.29 is 0 Å². The zero-order valence-electron chi connectivity index (χ0n) is 9.66. The van der Waals surface area contributed by atoms with Gasteiger partial charge in [-0.15, -0.1) is 0 Å². The predicted molar refractivity (Wildman–Crippen MR) is 62.8 cm³/mol. The van der Waals surface area contributed by atoms with Gasteiger partial charge in [0, 0.05) is 11.4 Å². The van der Waals surface area contributed by atoms with E-state index in [1.54, 1.807) is 0 Å². The molecule has 1 aliphatic carbocycles. The van der Waals surface area contributed by atoms with E-state index in [2.05, 4.69) is 24.0 Å². The van der Waals surface area contributed by atoms with Crippen LogP contribution >= 0.6 is 0 Å². The van der Waals surface area contributed by atoms with Crippen molar-refractivity contribution in [1.29, 1.82) is 0 Å². The standard InChI is InChI=1S/C13H20N2/c1-9-3-6-13(10(2)15-9)12(8-14)7-11-4-5-11/h3,6,11-12H,4-5,7-8,14H2,1-2H3/t12-/m1/s1. The first-order valence-electron chi connectivity index (χ1n) is 5.85. The van der Waals surface area contributed by atoms with Crippen molar-refractivity contribution >= 4 is 0 Å². The third-order valence-corrected chi connectivity index (χ3v) is 3.31. The quantitative estimate of drug-likeness (QED) is 0.818. The molecule has 1 heterocycles. The van der Waals surface area contributed by atoms with E-state index in [4.69, 9.17) is 5.73 Å². The van der Waals surface area contributed by atoms with Gasteiger partial charge in [0.25, 0.3) is 0 Å². The van der Waals surface area contributed by atoms with E-state index in [0.717, 1.165) is 23.9 Å². The molecule has 0 saturated heterocycles. The van der Waals surface area contributed by atoms with Crippen molar-refractivity contribution in [2.75, 3.05) is 6.54 Å². The van der Waals surface area contributed by atoms with Crippen LogP contribution in [0.3, 0.4) is 0 Å². The summed E-state index contributed by atoms with van der Waals surface area (Å²) in [6.07, 6.45) is 4.05. The van der Waals surface area contributed by atoms with Crippen LogP contribution in [0.1, 0.15) is 42.1 Å². The number of aryl methyl sites for hydroxylation is 2. The molecule has 2 N–H and O–H groups in total. The Bertz CT molecular complexity index is 342. The number of aromatic nitrogens is 1. The first-order valence-corrected chi connectivity index (χ1v) is 5.85. The first-order chi connectivity index (χ1) is 7.20. The molecule has 1 aromatic heterocycles. The molecule has 1 aliphatic rings. The third-order valence-electron chi connectivity index (χ3n) is 3.31. The fourth-order valence-corrected chi connectivity index (χ4v) is 2.23. The molecule has 2 nitrogen and oxygen atoms in total. The highest BCUT2D eigenvalue weighted by molar-refractivity contribution is 5.26. The van der Waals surface area contributed by atoms with Crippen LogP contribution in [-0.2, 0) is 0 Å². The number of hydrogen-bond donors (Lipinski definition) is 1. The van der Waals surface area contributed by atoms with Gasteiger partial charge in [0.2, 0.25) is 0 Å². The lowest BCUT2D eigenvalue weighted by Crippen LogP contribution is -2.15. The molecule has 0 radical (unpaired) electrons. The highest BCUT2D eigenvalue weighted by Gasteiger charge is 2.26. The lowest BCUT2D eigenvalue weighted by atomic mass is 9.92.